The van der Waals surface area contributed by atoms with Crippen molar-refractivity contribution in [3.8, 4) is 0 Å². The van der Waals surface area contributed by atoms with Crippen molar-refractivity contribution >= 4 is 17.4 Å². The average Bonchev–Trinajstić information content (AvgIpc) is 2.78. The zero-order chi connectivity index (χ0) is 13.8. The summed E-state index contributed by atoms with van der Waals surface area (Å²) in [5, 5.41) is 9.07. The van der Waals surface area contributed by atoms with Crippen molar-refractivity contribution < 1.29 is 14.0 Å². The summed E-state index contributed by atoms with van der Waals surface area (Å²) in [6.45, 7) is 3.85. The molecule has 0 fully saturated rings. The van der Waals surface area contributed by atoms with Crippen molar-refractivity contribution in [1.82, 2.24) is 5.32 Å². The van der Waals surface area contributed by atoms with Crippen molar-refractivity contribution in [2.24, 2.45) is 5.16 Å². The maximum Gasteiger partial charge on any atom is 0.319 e. The van der Waals surface area contributed by atoms with Gasteiger partial charge in [0.25, 0.3) is 0 Å². The Morgan fingerprint density at radius 3 is 3.00 bits per heavy atom. The molecule has 1 unspecified atom stereocenters. The van der Waals surface area contributed by atoms with E-state index in [4.69, 9.17) is 4.84 Å². The van der Waals surface area contributed by atoms with Gasteiger partial charge in [-0.05, 0) is 26.0 Å². The third kappa shape index (κ3) is 3.43. The Bertz CT molecular complexity index is 517. The number of amides is 2. The fourth-order valence-electron chi connectivity index (χ4n) is 1.79. The lowest BCUT2D eigenvalue weighted by Crippen LogP contribution is -2.35. The van der Waals surface area contributed by atoms with Crippen molar-refractivity contribution in [2.45, 2.75) is 26.4 Å². The summed E-state index contributed by atoms with van der Waals surface area (Å²) in [6.07, 6.45) is 0.582. The summed E-state index contributed by atoms with van der Waals surface area (Å²) in [5.74, 6) is -0.346. The van der Waals surface area contributed by atoms with Crippen LogP contribution in [0.3, 0.4) is 0 Å². The average molecular weight is 265 g/mol. The molecule has 2 N–H and O–H groups in total. The molecule has 2 rings (SSSR count). The topological polar surface area (TPSA) is 62.7 Å². The first-order chi connectivity index (χ1) is 9.06. The van der Waals surface area contributed by atoms with Gasteiger partial charge in [0.15, 0.2) is 0 Å². The number of anilines is 1. The highest BCUT2D eigenvalue weighted by molar-refractivity contribution is 5.90. The van der Waals surface area contributed by atoms with Gasteiger partial charge in [0.05, 0.1) is 12.3 Å². The summed E-state index contributed by atoms with van der Waals surface area (Å²) in [5.41, 5.74) is 1.78. The maximum atomic E-state index is 13.3. The van der Waals surface area contributed by atoms with Crippen molar-refractivity contribution in [3.63, 3.8) is 0 Å². The molecule has 0 spiro atoms. The van der Waals surface area contributed by atoms with E-state index in [0.29, 0.717) is 24.2 Å². The van der Waals surface area contributed by atoms with E-state index in [1.807, 2.05) is 6.92 Å². The van der Waals surface area contributed by atoms with Gasteiger partial charge in [-0.1, -0.05) is 11.2 Å². The van der Waals surface area contributed by atoms with E-state index in [2.05, 4.69) is 15.8 Å². The van der Waals surface area contributed by atoms with E-state index in [9.17, 15) is 9.18 Å². The van der Waals surface area contributed by atoms with E-state index in [0.717, 1.165) is 5.71 Å². The van der Waals surface area contributed by atoms with Gasteiger partial charge in [0.2, 0.25) is 0 Å². The highest BCUT2D eigenvalue weighted by Crippen LogP contribution is 2.17. The lowest BCUT2D eigenvalue weighted by molar-refractivity contribution is 0.0870. The van der Waals surface area contributed by atoms with E-state index in [1.54, 1.807) is 19.1 Å². The number of hydrogen-bond donors (Lipinski definition) is 2. The Labute approximate surface area is 110 Å². The number of urea groups is 1. The summed E-state index contributed by atoms with van der Waals surface area (Å²) in [6, 6.07) is 4.17. The normalized spacial score (nSPS) is 17.6. The molecule has 0 bridgehead atoms. The summed E-state index contributed by atoms with van der Waals surface area (Å²) in [4.78, 5) is 16.8. The predicted octanol–water partition coefficient (Wildman–Crippen LogP) is 2.42. The highest BCUT2D eigenvalue weighted by atomic mass is 19.1. The molecule has 1 aromatic carbocycles. The third-order valence-electron chi connectivity index (χ3n) is 2.89. The fourth-order valence-corrected chi connectivity index (χ4v) is 1.79. The molecule has 0 aromatic heterocycles. The molecule has 0 saturated heterocycles. The molecule has 1 aromatic rings. The standard InChI is InChI=1S/C13H16FN3O2/c1-8-6-10(19-17-8)7-15-13(18)16-12-5-3-4-11(14)9(12)2/h3-5,10H,6-7H2,1-2H3,(H2,15,16,18). The van der Waals surface area contributed by atoms with Crippen LogP contribution in [0.15, 0.2) is 23.4 Å². The number of carbonyl (C=O) groups is 1. The van der Waals surface area contributed by atoms with Crippen molar-refractivity contribution in [1.29, 1.82) is 0 Å². The van der Waals surface area contributed by atoms with E-state index in [-0.39, 0.29) is 18.0 Å². The smallest absolute Gasteiger partial charge is 0.319 e. The second kappa shape index (κ2) is 5.69. The molecule has 2 amide bonds. The van der Waals surface area contributed by atoms with Gasteiger partial charge in [-0.3, -0.25) is 0 Å². The molecule has 1 heterocycles. The van der Waals surface area contributed by atoms with Gasteiger partial charge in [0.1, 0.15) is 11.9 Å². The first-order valence-corrected chi connectivity index (χ1v) is 6.05. The molecule has 1 atom stereocenters. The van der Waals surface area contributed by atoms with Crippen molar-refractivity contribution in [2.75, 3.05) is 11.9 Å². The van der Waals surface area contributed by atoms with Crippen LogP contribution in [0.1, 0.15) is 18.9 Å². The van der Waals surface area contributed by atoms with E-state index < -0.39 is 0 Å². The highest BCUT2D eigenvalue weighted by Gasteiger charge is 2.18. The summed E-state index contributed by atoms with van der Waals surface area (Å²) < 4.78 is 13.3. The van der Waals surface area contributed by atoms with Gasteiger partial charge in [-0.2, -0.15) is 0 Å². The largest absolute Gasteiger partial charge is 0.390 e. The number of halogens is 1. The first kappa shape index (κ1) is 13.3. The Morgan fingerprint density at radius 1 is 1.53 bits per heavy atom. The lowest BCUT2D eigenvalue weighted by Gasteiger charge is -2.12. The molecule has 0 saturated carbocycles. The number of nitrogens with one attached hydrogen (secondary N) is 2. The van der Waals surface area contributed by atoms with Gasteiger partial charge in [-0.15, -0.1) is 0 Å². The molecule has 0 radical (unpaired) electrons. The van der Waals surface area contributed by atoms with Crippen LogP contribution in [-0.4, -0.2) is 24.4 Å². The molecular formula is C13H16FN3O2. The quantitative estimate of drug-likeness (QED) is 0.881. The Kier molecular flexibility index (Phi) is 3.99. The molecular weight excluding hydrogens is 249 g/mol. The van der Waals surface area contributed by atoms with Crippen LogP contribution in [0.5, 0.6) is 0 Å². The summed E-state index contributed by atoms with van der Waals surface area (Å²) >= 11 is 0. The van der Waals surface area contributed by atoms with Crippen LogP contribution in [0.4, 0.5) is 14.9 Å². The van der Waals surface area contributed by atoms with Gasteiger partial charge >= 0.3 is 6.03 Å². The molecule has 19 heavy (non-hydrogen) atoms. The van der Waals surface area contributed by atoms with E-state index >= 15 is 0 Å². The van der Waals surface area contributed by atoms with Crippen LogP contribution in [0.2, 0.25) is 0 Å². The minimum absolute atomic E-state index is 0.126. The van der Waals surface area contributed by atoms with Gasteiger partial charge in [-0.25, -0.2) is 9.18 Å². The zero-order valence-electron chi connectivity index (χ0n) is 10.9. The fraction of sp³-hybridized carbons (Fsp3) is 0.385. The Balaban J connectivity index is 1.83. The van der Waals surface area contributed by atoms with Crippen molar-refractivity contribution in [3.05, 3.63) is 29.6 Å². The van der Waals surface area contributed by atoms with E-state index in [1.165, 1.54) is 6.07 Å². The minimum Gasteiger partial charge on any atom is -0.390 e. The molecule has 6 heteroatoms. The number of oxime groups is 1. The minimum atomic E-state index is -0.387. The third-order valence-corrected chi connectivity index (χ3v) is 2.89. The van der Waals surface area contributed by atoms with Crippen LogP contribution in [0, 0.1) is 12.7 Å². The second-order valence-electron chi connectivity index (χ2n) is 4.51. The monoisotopic (exact) mass is 265 g/mol. The van der Waals surface area contributed by atoms with Crippen LogP contribution < -0.4 is 10.6 Å². The molecule has 102 valence electrons. The lowest BCUT2D eigenvalue weighted by atomic mass is 10.2. The number of hydrogen-bond acceptors (Lipinski definition) is 3. The molecule has 0 aliphatic carbocycles. The zero-order valence-corrected chi connectivity index (χ0v) is 10.9. The predicted molar refractivity (Wildman–Crippen MR) is 70.8 cm³/mol. The van der Waals surface area contributed by atoms with Crippen LogP contribution >= 0.6 is 0 Å². The molecule has 5 nitrogen and oxygen atoms in total. The molecule has 1 aliphatic heterocycles. The molecule has 1 aliphatic rings. The van der Waals surface area contributed by atoms with Gasteiger partial charge < -0.3 is 15.5 Å². The SMILES string of the molecule is CC1=NOC(CNC(=O)Nc2cccc(F)c2C)C1. The Hall–Kier alpha value is -2.11. The second-order valence-corrected chi connectivity index (χ2v) is 4.51. The number of benzene rings is 1. The van der Waals surface area contributed by atoms with Gasteiger partial charge in [0, 0.05) is 17.7 Å². The first-order valence-electron chi connectivity index (χ1n) is 6.05. The Morgan fingerprint density at radius 2 is 2.32 bits per heavy atom. The van der Waals surface area contributed by atoms with Crippen LogP contribution in [0.25, 0.3) is 0 Å². The number of rotatable bonds is 3. The maximum absolute atomic E-state index is 13.3. The summed E-state index contributed by atoms with van der Waals surface area (Å²) in [7, 11) is 0. The van der Waals surface area contributed by atoms with Crippen LogP contribution in [-0.2, 0) is 4.84 Å². The number of carbonyl (C=O) groups excluding carboxylic acids is 1. The number of nitrogens with zero attached hydrogens (tertiary/aromatic N) is 1.